The summed E-state index contributed by atoms with van der Waals surface area (Å²) >= 11 is 0. The van der Waals surface area contributed by atoms with Gasteiger partial charge in [-0.1, -0.05) is 50.2 Å². The number of H-pyrrole nitrogens is 1. The molecule has 4 rings (SSSR count). The van der Waals surface area contributed by atoms with Gasteiger partial charge in [-0.05, 0) is 66.5 Å². The normalized spacial score (nSPS) is 13.0. The van der Waals surface area contributed by atoms with Crippen LogP contribution in [-0.4, -0.2) is 51.0 Å². The molecule has 0 bridgehead atoms. The van der Waals surface area contributed by atoms with Crippen LogP contribution in [0.1, 0.15) is 41.4 Å². The van der Waals surface area contributed by atoms with Crippen molar-refractivity contribution >= 4 is 34.5 Å². The first-order chi connectivity index (χ1) is 17.7. The molecular weight excluding hydrogens is 468 g/mol. The maximum absolute atomic E-state index is 13.2. The average Bonchev–Trinajstić information content (AvgIpc) is 3.26. The van der Waals surface area contributed by atoms with Crippen LogP contribution in [0.3, 0.4) is 0 Å². The van der Waals surface area contributed by atoms with Gasteiger partial charge >= 0.3 is 0 Å². The van der Waals surface area contributed by atoms with E-state index in [1.54, 1.807) is 30.3 Å². The van der Waals surface area contributed by atoms with E-state index in [4.69, 9.17) is 11.5 Å². The molecule has 0 spiro atoms. The molecule has 0 saturated heterocycles. The van der Waals surface area contributed by atoms with Crippen LogP contribution in [-0.2, 0) is 4.79 Å². The minimum absolute atomic E-state index is 0.289. The maximum atomic E-state index is 13.2. The Hall–Kier alpha value is -4.21. The number of hydrogen-bond acceptors (Lipinski definition) is 6. The molecule has 2 amide bonds. The number of nitrogens with one attached hydrogen (secondary N) is 2. The number of fused-ring (bicyclic) bond motifs is 1. The quantitative estimate of drug-likeness (QED) is 0.237. The van der Waals surface area contributed by atoms with E-state index >= 15 is 0 Å². The summed E-state index contributed by atoms with van der Waals surface area (Å²) in [6.07, 6.45) is -1.34. The van der Waals surface area contributed by atoms with Gasteiger partial charge in [0.15, 0.2) is 12.1 Å². The van der Waals surface area contributed by atoms with Gasteiger partial charge < -0.3 is 26.9 Å². The summed E-state index contributed by atoms with van der Waals surface area (Å²) in [5.74, 6) is -0.731. The number of anilines is 2. The summed E-state index contributed by atoms with van der Waals surface area (Å²) in [5.41, 5.74) is 16.9. The molecule has 0 aliphatic heterocycles. The number of likely N-dealkylation sites (N-methyl/N-ethyl adjacent to an activating group) is 1. The molecule has 2 unspecified atom stereocenters. The standard InChI is InChI=1S/C28H32N6O3/c1-4-34(5-2)24(25(35)27(37)31-18-11-13-22-23(15-18)33-28(30)32-22)17-10-12-19(16(3)14-17)20-8-6-7-9-21(20)26(29)36/h6-15,24-25,35H,4-5H2,1-3H3,(H2,29,36)(H,31,37)(H3,30,32,33). The van der Waals surface area contributed by atoms with E-state index in [2.05, 4.69) is 15.3 Å². The number of imidazole rings is 1. The molecule has 0 aliphatic rings. The fraction of sp³-hybridized carbons (Fsp3) is 0.250. The Balaban J connectivity index is 1.65. The number of rotatable bonds is 9. The third-order valence-electron chi connectivity index (χ3n) is 6.62. The van der Waals surface area contributed by atoms with Crippen LogP contribution < -0.4 is 16.8 Å². The molecule has 0 aliphatic carbocycles. The number of nitrogens with zero attached hydrogens (tertiary/aromatic N) is 2. The number of nitrogen functional groups attached to an aromatic ring is 1. The highest BCUT2D eigenvalue weighted by atomic mass is 16.3. The van der Waals surface area contributed by atoms with Gasteiger partial charge in [-0.2, -0.15) is 0 Å². The molecule has 192 valence electrons. The van der Waals surface area contributed by atoms with Crippen LogP contribution in [0.15, 0.2) is 60.7 Å². The molecule has 2 atom stereocenters. The fourth-order valence-electron chi connectivity index (χ4n) is 4.78. The van der Waals surface area contributed by atoms with Crippen LogP contribution >= 0.6 is 0 Å². The van der Waals surface area contributed by atoms with E-state index in [1.165, 1.54) is 0 Å². The lowest BCUT2D eigenvalue weighted by Gasteiger charge is -2.33. The highest BCUT2D eigenvalue weighted by Gasteiger charge is 2.32. The van der Waals surface area contributed by atoms with Crippen molar-refractivity contribution in [3.05, 3.63) is 77.4 Å². The van der Waals surface area contributed by atoms with E-state index in [1.807, 2.05) is 56.0 Å². The van der Waals surface area contributed by atoms with Gasteiger partial charge in [0.2, 0.25) is 5.91 Å². The molecule has 9 heteroatoms. The Kier molecular flexibility index (Phi) is 7.56. The Labute approximate surface area is 215 Å². The Morgan fingerprint density at radius 3 is 2.46 bits per heavy atom. The van der Waals surface area contributed by atoms with Crippen LogP contribution in [0.2, 0.25) is 0 Å². The molecule has 37 heavy (non-hydrogen) atoms. The van der Waals surface area contributed by atoms with Gasteiger partial charge in [0.25, 0.3) is 5.91 Å². The summed E-state index contributed by atoms with van der Waals surface area (Å²) in [6, 6.07) is 17.5. The average molecular weight is 501 g/mol. The van der Waals surface area contributed by atoms with Gasteiger partial charge in [0.05, 0.1) is 17.1 Å². The molecule has 0 saturated carbocycles. The van der Waals surface area contributed by atoms with Crippen LogP contribution in [0.5, 0.6) is 0 Å². The molecule has 1 aromatic heterocycles. The summed E-state index contributed by atoms with van der Waals surface area (Å²) in [5, 5.41) is 14.1. The molecule has 9 nitrogen and oxygen atoms in total. The van der Waals surface area contributed by atoms with Crippen molar-refractivity contribution in [3.63, 3.8) is 0 Å². The van der Waals surface area contributed by atoms with Crippen LogP contribution in [0, 0.1) is 6.92 Å². The highest BCUT2D eigenvalue weighted by Crippen LogP contribution is 2.32. The van der Waals surface area contributed by atoms with E-state index in [0.29, 0.717) is 35.4 Å². The first-order valence-corrected chi connectivity index (χ1v) is 12.2. The molecule has 0 radical (unpaired) electrons. The molecule has 4 aromatic rings. The van der Waals surface area contributed by atoms with Gasteiger partial charge in [-0.3, -0.25) is 14.5 Å². The third kappa shape index (κ3) is 5.32. The zero-order valence-electron chi connectivity index (χ0n) is 21.2. The number of benzene rings is 3. The molecule has 1 heterocycles. The predicted octanol–water partition coefficient (Wildman–Crippen LogP) is 3.60. The summed E-state index contributed by atoms with van der Waals surface area (Å²) in [6.45, 7) is 7.18. The lowest BCUT2D eigenvalue weighted by atomic mass is 9.91. The number of aliphatic hydroxyl groups excluding tert-OH is 1. The topological polar surface area (TPSA) is 150 Å². The zero-order chi connectivity index (χ0) is 26.7. The van der Waals surface area contributed by atoms with E-state index in [0.717, 1.165) is 22.3 Å². The van der Waals surface area contributed by atoms with E-state index in [-0.39, 0.29) is 5.95 Å². The van der Waals surface area contributed by atoms with Gasteiger partial charge in [-0.25, -0.2) is 4.98 Å². The summed E-state index contributed by atoms with van der Waals surface area (Å²) < 4.78 is 0. The number of aryl methyl sites for hydroxylation is 1. The Morgan fingerprint density at radius 1 is 1.05 bits per heavy atom. The van der Waals surface area contributed by atoms with Gasteiger partial charge in [0.1, 0.15) is 0 Å². The SMILES string of the molecule is CCN(CC)C(c1ccc(-c2ccccc2C(N)=O)c(C)c1)C(O)C(=O)Nc1ccc2nc(N)[nH]c2c1. The number of nitrogens with two attached hydrogens (primary N) is 2. The van der Waals surface area contributed by atoms with Crippen LogP contribution in [0.4, 0.5) is 11.6 Å². The number of aromatic nitrogens is 2. The highest BCUT2D eigenvalue weighted by molar-refractivity contribution is 6.00. The van der Waals surface area contributed by atoms with Crippen molar-refractivity contribution in [2.45, 2.75) is 32.9 Å². The third-order valence-corrected chi connectivity index (χ3v) is 6.62. The minimum atomic E-state index is -1.34. The number of primary amides is 1. The second-order valence-corrected chi connectivity index (χ2v) is 8.94. The van der Waals surface area contributed by atoms with Crippen molar-refractivity contribution in [2.24, 2.45) is 5.73 Å². The molecule has 7 N–H and O–H groups in total. The van der Waals surface area contributed by atoms with Crippen molar-refractivity contribution in [1.29, 1.82) is 0 Å². The van der Waals surface area contributed by atoms with Gasteiger partial charge in [0, 0.05) is 11.3 Å². The van der Waals surface area contributed by atoms with Crippen LogP contribution in [0.25, 0.3) is 22.2 Å². The monoisotopic (exact) mass is 500 g/mol. The maximum Gasteiger partial charge on any atom is 0.255 e. The second-order valence-electron chi connectivity index (χ2n) is 8.94. The van der Waals surface area contributed by atoms with Gasteiger partial charge in [-0.15, -0.1) is 0 Å². The Morgan fingerprint density at radius 2 is 1.78 bits per heavy atom. The number of aliphatic hydroxyl groups is 1. The zero-order valence-corrected chi connectivity index (χ0v) is 21.2. The first kappa shape index (κ1) is 25.9. The lowest BCUT2D eigenvalue weighted by molar-refractivity contribution is -0.127. The van der Waals surface area contributed by atoms with Crippen molar-refractivity contribution in [1.82, 2.24) is 14.9 Å². The number of carbonyl (C=O) groups is 2. The molecular formula is C28H32N6O3. The summed E-state index contributed by atoms with van der Waals surface area (Å²) in [4.78, 5) is 34.3. The largest absolute Gasteiger partial charge is 0.381 e. The fourth-order valence-corrected chi connectivity index (χ4v) is 4.78. The predicted molar refractivity (Wildman–Crippen MR) is 146 cm³/mol. The number of amides is 2. The first-order valence-electron chi connectivity index (χ1n) is 12.2. The number of hydrogen-bond donors (Lipinski definition) is 5. The van der Waals surface area contributed by atoms with Crippen molar-refractivity contribution in [2.75, 3.05) is 24.1 Å². The lowest BCUT2D eigenvalue weighted by Crippen LogP contribution is -2.42. The molecule has 0 fully saturated rings. The number of aromatic amines is 1. The Bertz CT molecular complexity index is 1440. The van der Waals surface area contributed by atoms with Crippen molar-refractivity contribution < 1.29 is 14.7 Å². The summed E-state index contributed by atoms with van der Waals surface area (Å²) in [7, 11) is 0. The minimum Gasteiger partial charge on any atom is -0.381 e. The van der Waals surface area contributed by atoms with Crippen molar-refractivity contribution in [3.8, 4) is 11.1 Å². The second kappa shape index (κ2) is 10.8. The smallest absolute Gasteiger partial charge is 0.255 e. The molecule has 3 aromatic carbocycles. The van der Waals surface area contributed by atoms with E-state index in [9.17, 15) is 14.7 Å². The number of carbonyl (C=O) groups excluding carboxylic acids is 2. The van der Waals surface area contributed by atoms with E-state index < -0.39 is 24.0 Å².